The summed E-state index contributed by atoms with van der Waals surface area (Å²) >= 11 is 0. The molecule has 80 valence electrons. The lowest BCUT2D eigenvalue weighted by Gasteiger charge is -2.04. The van der Waals surface area contributed by atoms with E-state index in [1.54, 1.807) is 6.08 Å². The van der Waals surface area contributed by atoms with Crippen molar-refractivity contribution in [1.29, 1.82) is 0 Å². The second kappa shape index (κ2) is 6.18. The van der Waals surface area contributed by atoms with Crippen molar-refractivity contribution >= 4 is 11.9 Å². The minimum absolute atomic E-state index is 0.148. The van der Waals surface area contributed by atoms with E-state index in [9.17, 15) is 4.79 Å². The molecule has 0 amide bonds. The number of benzene rings is 1. The molecule has 0 bridgehead atoms. The monoisotopic (exact) mass is 202 g/mol. The third kappa shape index (κ3) is 4.11. The number of allylic oxidation sites excluding steroid dienone is 1. The van der Waals surface area contributed by atoms with Crippen molar-refractivity contribution in [2.24, 2.45) is 5.92 Å². The molecule has 0 heterocycles. The fourth-order valence-corrected chi connectivity index (χ4v) is 1.48. The summed E-state index contributed by atoms with van der Waals surface area (Å²) in [5.41, 5.74) is 1.08. The highest BCUT2D eigenvalue weighted by molar-refractivity contribution is 5.95. The largest absolute Gasteiger partial charge is 0.295 e. The van der Waals surface area contributed by atoms with Crippen LogP contribution in [0.1, 0.15) is 32.3 Å². The van der Waals surface area contributed by atoms with Crippen LogP contribution in [0.2, 0.25) is 0 Å². The van der Waals surface area contributed by atoms with Crippen LogP contribution in [-0.4, -0.2) is 5.78 Å². The first kappa shape index (κ1) is 11.7. The molecule has 0 aliphatic rings. The Hall–Kier alpha value is -1.37. The zero-order valence-electron chi connectivity index (χ0n) is 9.44. The van der Waals surface area contributed by atoms with Crippen LogP contribution in [0, 0.1) is 5.92 Å². The summed E-state index contributed by atoms with van der Waals surface area (Å²) in [6, 6.07) is 9.90. The molecule has 0 aromatic heterocycles. The van der Waals surface area contributed by atoms with E-state index in [0.29, 0.717) is 0 Å². The Balaban J connectivity index is 2.55. The van der Waals surface area contributed by atoms with Gasteiger partial charge < -0.3 is 0 Å². The molecule has 0 aliphatic carbocycles. The van der Waals surface area contributed by atoms with E-state index in [1.807, 2.05) is 43.3 Å². The van der Waals surface area contributed by atoms with Crippen molar-refractivity contribution in [2.45, 2.75) is 26.7 Å². The van der Waals surface area contributed by atoms with Crippen LogP contribution >= 0.6 is 0 Å². The molecule has 0 N–H and O–H groups in total. The molecule has 1 atom stereocenters. The molecular weight excluding hydrogens is 184 g/mol. The van der Waals surface area contributed by atoms with Crippen LogP contribution < -0.4 is 0 Å². The van der Waals surface area contributed by atoms with E-state index in [2.05, 4.69) is 6.92 Å². The van der Waals surface area contributed by atoms with E-state index in [1.165, 1.54) is 0 Å². The quantitative estimate of drug-likeness (QED) is 0.665. The summed E-state index contributed by atoms with van der Waals surface area (Å²) in [7, 11) is 0. The van der Waals surface area contributed by atoms with Gasteiger partial charge in [-0.1, -0.05) is 56.7 Å². The highest BCUT2D eigenvalue weighted by atomic mass is 16.1. The number of carbonyl (C=O) groups is 1. The molecule has 1 nitrogen and oxygen atoms in total. The summed E-state index contributed by atoms with van der Waals surface area (Å²) < 4.78 is 0. The van der Waals surface area contributed by atoms with Gasteiger partial charge in [-0.05, 0) is 18.1 Å². The van der Waals surface area contributed by atoms with Gasteiger partial charge in [0, 0.05) is 5.92 Å². The molecule has 1 heteroatoms. The van der Waals surface area contributed by atoms with Gasteiger partial charge in [0.25, 0.3) is 0 Å². The van der Waals surface area contributed by atoms with Gasteiger partial charge in [-0.2, -0.15) is 0 Å². The Morgan fingerprint density at radius 2 is 2.00 bits per heavy atom. The van der Waals surface area contributed by atoms with Crippen LogP contribution in [0.3, 0.4) is 0 Å². The van der Waals surface area contributed by atoms with Crippen molar-refractivity contribution in [3.8, 4) is 0 Å². The molecule has 0 spiro atoms. The van der Waals surface area contributed by atoms with Crippen molar-refractivity contribution in [1.82, 2.24) is 0 Å². The van der Waals surface area contributed by atoms with Gasteiger partial charge in [0.15, 0.2) is 5.78 Å². The lowest BCUT2D eigenvalue weighted by molar-refractivity contribution is -0.117. The molecule has 15 heavy (non-hydrogen) atoms. The fraction of sp³-hybridized carbons (Fsp3) is 0.357. The van der Waals surface area contributed by atoms with E-state index < -0.39 is 0 Å². The summed E-state index contributed by atoms with van der Waals surface area (Å²) in [6.45, 7) is 4.09. The van der Waals surface area contributed by atoms with E-state index in [-0.39, 0.29) is 11.7 Å². The van der Waals surface area contributed by atoms with Crippen LogP contribution in [-0.2, 0) is 4.79 Å². The van der Waals surface area contributed by atoms with Crippen LogP contribution in [0.25, 0.3) is 6.08 Å². The summed E-state index contributed by atoms with van der Waals surface area (Å²) in [5.74, 6) is 0.371. The summed E-state index contributed by atoms with van der Waals surface area (Å²) in [5, 5.41) is 0. The van der Waals surface area contributed by atoms with Crippen molar-refractivity contribution in [2.75, 3.05) is 0 Å². The second-order valence-corrected chi connectivity index (χ2v) is 3.84. The highest BCUT2D eigenvalue weighted by Crippen LogP contribution is 2.08. The molecule has 1 unspecified atom stereocenters. The third-order valence-electron chi connectivity index (χ3n) is 2.45. The van der Waals surface area contributed by atoms with E-state index in [4.69, 9.17) is 0 Å². The van der Waals surface area contributed by atoms with Gasteiger partial charge in [0.2, 0.25) is 0 Å². The third-order valence-corrected chi connectivity index (χ3v) is 2.45. The lowest BCUT2D eigenvalue weighted by Crippen LogP contribution is -2.06. The average molecular weight is 202 g/mol. The minimum Gasteiger partial charge on any atom is -0.295 e. The number of hydrogen-bond acceptors (Lipinski definition) is 1. The Morgan fingerprint density at radius 1 is 1.33 bits per heavy atom. The number of hydrogen-bond donors (Lipinski definition) is 0. The van der Waals surface area contributed by atoms with Gasteiger partial charge in [0.05, 0.1) is 0 Å². The SMILES string of the molecule is CCCC(C)C(=O)/C=C/c1ccccc1. The van der Waals surface area contributed by atoms with Crippen molar-refractivity contribution in [3.63, 3.8) is 0 Å². The zero-order chi connectivity index (χ0) is 11.1. The van der Waals surface area contributed by atoms with Gasteiger partial charge in [-0.3, -0.25) is 4.79 Å². The Morgan fingerprint density at radius 3 is 2.60 bits per heavy atom. The van der Waals surface area contributed by atoms with E-state index >= 15 is 0 Å². The molecular formula is C14H18O. The predicted octanol–water partition coefficient (Wildman–Crippen LogP) is 3.71. The number of carbonyl (C=O) groups excluding carboxylic acids is 1. The van der Waals surface area contributed by atoms with Crippen LogP contribution in [0.4, 0.5) is 0 Å². The van der Waals surface area contributed by atoms with Crippen LogP contribution in [0.15, 0.2) is 36.4 Å². The Bertz CT molecular complexity index is 324. The first-order valence-corrected chi connectivity index (χ1v) is 5.51. The minimum atomic E-state index is 0.148. The number of ketones is 1. The molecule has 0 saturated heterocycles. The Kier molecular flexibility index (Phi) is 4.82. The zero-order valence-corrected chi connectivity index (χ0v) is 9.44. The van der Waals surface area contributed by atoms with Gasteiger partial charge in [-0.15, -0.1) is 0 Å². The molecule has 0 fully saturated rings. The van der Waals surface area contributed by atoms with Crippen LogP contribution in [0.5, 0.6) is 0 Å². The molecule has 1 rings (SSSR count). The Labute approximate surface area is 91.8 Å². The second-order valence-electron chi connectivity index (χ2n) is 3.84. The molecule has 0 saturated carbocycles. The predicted molar refractivity (Wildman–Crippen MR) is 64.6 cm³/mol. The van der Waals surface area contributed by atoms with Crippen molar-refractivity contribution < 1.29 is 4.79 Å². The topological polar surface area (TPSA) is 17.1 Å². The van der Waals surface area contributed by atoms with Gasteiger partial charge >= 0.3 is 0 Å². The summed E-state index contributed by atoms with van der Waals surface area (Å²) in [6.07, 6.45) is 5.61. The highest BCUT2D eigenvalue weighted by Gasteiger charge is 2.07. The summed E-state index contributed by atoms with van der Waals surface area (Å²) in [4.78, 5) is 11.6. The maximum absolute atomic E-state index is 11.6. The first-order chi connectivity index (χ1) is 7.24. The van der Waals surface area contributed by atoms with E-state index in [0.717, 1.165) is 18.4 Å². The standard InChI is InChI=1S/C14H18O/c1-3-7-12(2)14(15)11-10-13-8-5-4-6-9-13/h4-6,8-12H,3,7H2,1-2H3/b11-10+. The normalized spacial score (nSPS) is 12.9. The first-order valence-electron chi connectivity index (χ1n) is 5.51. The molecule has 0 aliphatic heterocycles. The van der Waals surface area contributed by atoms with Crippen molar-refractivity contribution in [3.05, 3.63) is 42.0 Å². The average Bonchev–Trinajstić information content (AvgIpc) is 2.27. The van der Waals surface area contributed by atoms with Gasteiger partial charge in [0.1, 0.15) is 0 Å². The molecule has 0 radical (unpaired) electrons. The van der Waals surface area contributed by atoms with Gasteiger partial charge in [-0.25, -0.2) is 0 Å². The molecule has 1 aromatic rings. The fourth-order valence-electron chi connectivity index (χ4n) is 1.48. The lowest BCUT2D eigenvalue weighted by atomic mass is 10.0. The molecule has 1 aromatic carbocycles. The number of rotatable bonds is 5. The maximum atomic E-state index is 11.6. The maximum Gasteiger partial charge on any atom is 0.158 e. The smallest absolute Gasteiger partial charge is 0.158 e.